The molecule has 0 amide bonds. The van der Waals surface area contributed by atoms with Crippen LogP contribution < -0.4 is 0 Å². The lowest BCUT2D eigenvalue weighted by atomic mass is 9.99. The van der Waals surface area contributed by atoms with E-state index in [1.807, 2.05) is 18.2 Å². The van der Waals surface area contributed by atoms with Gasteiger partial charge in [0.1, 0.15) is 0 Å². The van der Waals surface area contributed by atoms with Crippen molar-refractivity contribution in [2.24, 2.45) is 5.92 Å². The molecule has 116 valence electrons. The van der Waals surface area contributed by atoms with Gasteiger partial charge in [0.15, 0.2) is 5.78 Å². The topological polar surface area (TPSA) is 54.4 Å². The fourth-order valence-electron chi connectivity index (χ4n) is 2.48. The number of rotatable bonds is 10. The lowest BCUT2D eigenvalue weighted by Gasteiger charge is -2.04. The van der Waals surface area contributed by atoms with Crippen molar-refractivity contribution in [3.8, 4) is 0 Å². The fraction of sp³-hybridized carbons (Fsp3) is 0.556. The Balaban J connectivity index is 2.10. The maximum Gasteiger partial charge on any atom is 0.303 e. The summed E-state index contributed by atoms with van der Waals surface area (Å²) in [6.07, 6.45) is 17.1. The van der Waals surface area contributed by atoms with Crippen molar-refractivity contribution in [3.05, 3.63) is 36.0 Å². The van der Waals surface area contributed by atoms with Crippen molar-refractivity contribution in [1.29, 1.82) is 0 Å². The highest BCUT2D eigenvalue weighted by Gasteiger charge is 2.20. The summed E-state index contributed by atoms with van der Waals surface area (Å²) in [6.45, 7) is 2.09. The Morgan fingerprint density at radius 1 is 1.24 bits per heavy atom. The first kappa shape index (κ1) is 17.4. The summed E-state index contributed by atoms with van der Waals surface area (Å²) < 4.78 is 0. The van der Waals surface area contributed by atoms with Crippen LogP contribution in [0.4, 0.5) is 0 Å². The quantitative estimate of drug-likeness (QED) is 0.477. The molecule has 1 rings (SSSR count). The van der Waals surface area contributed by atoms with Crippen LogP contribution in [0.2, 0.25) is 0 Å². The Labute approximate surface area is 127 Å². The summed E-state index contributed by atoms with van der Waals surface area (Å²) in [5.41, 5.74) is 0.905. The Morgan fingerprint density at radius 3 is 2.67 bits per heavy atom. The van der Waals surface area contributed by atoms with Gasteiger partial charge in [-0.3, -0.25) is 9.59 Å². The van der Waals surface area contributed by atoms with E-state index < -0.39 is 5.97 Å². The van der Waals surface area contributed by atoms with E-state index in [-0.39, 0.29) is 18.1 Å². The SMILES string of the molecule is CCC1C=CC(=O)C1=CC=CCCCCCCCC(=O)O. The highest BCUT2D eigenvalue weighted by atomic mass is 16.4. The first-order chi connectivity index (χ1) is 10.1. The molecule has 21 heavy (non-hydrogen) atoms. The predicted molar refractivity (Wildman–Crippen MR) is 85.1 cm³/mol. The number of unbranched alkanes of at least 4 members (excludes halogenated alkanes) is 5. The van der Waals surface area contributed by atoms with Crippen molar-refractivity contribution in [3.63, 3.8) is 0 Å². The normalized spacial score (nSPS) is 20.0. The minimum Gasteiger partial charge on any atom is -0.481 e. The van der Waals surface area contributed by atoms with E-state index in [0.717, 1.165) is 50.5 Å². The molecule has 0 saturated carbocycles. The van der Waals surface area contributed by atoms with Crippen LogP contribution in [0.25, 0.3) is 0 Å². The van der Waals surface area contributed by atoms with Crippen molar-refractivity contribution >= 4 is 11.8 Å². The van der Waals surface area contributed by atoms with E-state index in [2.05, 4.69) is 13.0 Å². The van der Waals surface area contributed by atoms with Crippen molar-refractivity contribution < 1.29 is 14.7 Å². The van der Waals surface area contributed by atoms with Crippen LogP contribution in [0, 0.1) is 5.92 Å². The maximum atomic E-state index is 11.6. The number of carbonyl (C=O) groups is 2. The molecule has 1 atom stereocenters. The third-order valence-corrected chi connectivity index (χ3v) is 3.78. The molecule has 0 heterocycles. The van der Waals surface area contributed by atoms with Gasteiger partial charge in [0, 0.05) is 17.9 Å². The summed E-state index contributed by atoms with van der Waals surface area (Å²) in [4.78, 5) is 22.0. The molecule has 1 aliphatic rings. The van der Waals surface area contributed by atoms with Crippen LogP contribution >= 0.6 is 0 Å². The van der Waals surface area contributed by atoms with E-state index in [9.17, 15) is 9.59 Å². The summed E-state index contributed by atoms with van der Waals surface area (Å²) >= 11 is 0. The monoisotopic (exact) mass is 290 g/mol. The van der Waals surface area contributed by atoms with E-state index in [1.54, 1.807) is 6.08 Å². The average Bonchev–Trinajstić information content (AvgIpc) is 2.81. The Morgan fingerprint density at radius 2 is 1.95 bits per heavy atom. The van der Waals surface area contributed by atoms with Gasteiger partial charge in [-0.25, -0.2) is 0 Å². The summed E-state index contributed by atoms with van der Waals surface area (Å²) in [5.74, 6) is -0.270. The molecule has 0 bridgehead atoms. The highest BCUT2D eigenvalue weighted by Crippen LogP contribution is 2.24. The van der Waals surface area contributed by atoms with Gasteiger partial charge >= 0.3 is 5.97 Å². The minimum atomic E-state index is -0.702. The number of allylic oxidation sites excluding steroid dienone is 6. The first-order valence-corrected chi connectivity index (χ1v) is 7.96. The van der Waals surface area contributed by atoms with Gasteiger partial charge in [-0.15, -0.1) is 0 Å². The van der Waals surface area contributed by atoms with Crippen molar-refractivity contribution in [2.45, 2.75) is 58.3 Å². The largest absolute Gasteiger partial charge is 0.481 e. The molecule has 0 spiro atoms. The zero-order chi connectivity index (χ0) is 15.5. The molecule has 0 aromatic rings. The molecule has 0 aliphatic heterocycles. The summed E-state index contributed by atoms with van der Waals surface area (Å²) in [7, 11) is 0. The third-order valence-electron chi connectivity index (χ3n) is 3.78. The number of carbonyl (C=O) groups excluding carboxylic acids is 1. The van der Waals surface area contributed by atoms with E-state index in [4.69, 9.17) is 5.11 Å². The van der Waals surface area contributed by atoms with Crippen molar-refractivity contribution in [2.75, 3.05) is 0 Å². The molecule has 1 unspecified atom stereocenters. The Bertz CT molecular complexity index is 430. The maximum absolute atomic E-state index is 11.6. The van der Waals surface area contributed by atoms with Crippen LogP contribution in [0.5, 0.6) is 0 Å². The predicted octanol–water partition coefficient (Wildman–Crippen LogP) is 4.45. The molecule has 3 heteroatoms. The molecule has 0 fully saturated rings. The van der Waals surface area contributed by atoms with Gasteiger partial charge in [-0.1, -0.05) is 50.5 Å². The zero-order valence-electron chi connectivity index (χ0n) is 12.9. The zero-order valence-corrected chi connectivity index (χ0v) is 12.9. The van der Waals surface area contributed by atoms with Crippen LogP contribution in [0.3, 0.4) is 0 Å². The Hall–Kier alpha value is -1.64. The third kappa shape index (κ3) is 7.07. The smallest absolute Gasteiger partial charge is 0.303 e. The number of hydrogen-bond donors (Lipinski definition) is 1. The van der Waals surface area contributed by atoms with Gasteiger partial charge in [0.05, 0.1) is 0 Å². The number of aliphatic carboxylic acids is 1. The van der Waals surface area contributed by atoms with E-state index >= 15 is 0 Å². The van der Waals surface area contributed by atoms with E-state index in [1.165, 1.54) is 0 Å². The number of carboxylic acid groups (broad SMARTS) is 1. The second-order valence-electron chi connectivity index (χ2n) is 5.49. The van der Waals surface area contributed by atoms with Crippen LogP contribution in [0.1, 0.15) is 58.3 Å². The van der Waals surface area contributed by atoms with Gasteiger partial charge in [-0.2, -0.15) is 0 Å². The number of ketones is 1. The lowest BCUT2D eigenvalue weighted by Crippen LogP contribution is -2.00. The molecule has 1 aliphatic carbocycles. The standard InChI is InChI=1S/C18H26O3/c1-2-15-13-14-17(19)16(15)11-9-7-5-3-4-6-8-10-12-18(20)21/h7,9,11,13-15H,2-6,8,10,12H2,1H3,(H,20,21). The van der Waals surface area contributed by atoms with Gasteiger partial charge in [-0.05, 0) is 31.8 Å². The molecular formula is C18H26O3. The fourth-order valence-corrected chi connectivity index (χ4v) is 2.48. The van der Waals surface area contributed by atoms with Crippen LogP contribution in [-0.4, -0.2) is 16.9 Å². The molecular weight excluding hydrogens is 264 g/mol. The number of carboxylic acids is 1. The number of hydrogen-bond acceptors (Lipinski definition) is 2. The summed E-state index contributed by atoms with van der Waals surface area (Å²) in [6, 6.07) is 0. The van der Waals surface area contributed by atoms with Gasteiger partial charge < -0.3 is 5.11 Å². The van der Waals surface area contributed by atoms with Crippen molar-refractivity contribution in [1.82, 2.24) is 0 Å². The molecule has 0 aromatic carbocycles. The molecule has 1 N–H and O–H groups in total. The van der Waals surface area contributed by atoms with Gasteiger partial charge in [0.25, 0.3) is 0 Å². The molecule has 0 saturated heterocycles. The Kier molecular flexibility index (Phi) is 8.41. The average molecular weight is 290 g/mol. The highest BCUT2D eigenvalue weighted by molar-refractivity contribution is 6.07. The van der Waals surface area contributed by atoms with Crippen LogP contribution in [-0.2, 0) is 9.59 Å². The van der Waals surface area contributed by atoms with E-state index in [0.29, 0.717) is 0 Å². The second-order valence-corrected chi connectivity index (χ2v) is 5.49. The summed E-state index contributed by atoms with van der Waals surface area (Å²) in [5, 5.41) is 8.52. The van der Waals surface area contributed by atoms with Crippen LogP contribution in [0.15, 0.2) is 36.0 Å². The molecule has 3 nitrogen and oxygen atoms in total. The van der Waals surface area contributed by atoms with Gasteiger partial charge in [0.2, 0.25) is 0 Å². The minimum absolute atomic E-state index is 0.143. The molecule has 0 radical (unpaired) electrons. The first-order valence-electron chi connectivity index (χ1n) is 7.96. The second kappa shape index (κ2) is 10.1. The lowest BCUT2D eigenvalue weighted by molar-refractivity contribution is -0.137. The molecule has 0 aromatic heterocycles.